The van der Waals surface area contributed by atoms with Crippen LogP contribution in [0, 0.1) is 0 Å². The van der Waals surface area contributed by atoms with Gasteiger partial charge in [0.2, 0.25) is 0 Å². The van der Waals surface area contributed by atoms with Gasteiger partial charge in [-0.3, -0.25) is 9.48 Å². The first kappa shape index (κ1) is 15.5. The van der Waals surface area contributed by atoms with Crippen molar-refractivity contribution in [3.05, 3.63) is 42.4 Å². The average molecular weight is 315 g/mol. The number of nitrogens with zero attached hydrogens (tertiary/aromatic N) is 5. The topological polar surface area (TPSA) is 74.5 Å². The van der Waals surface area contributed by atoms with E-state index >= 15 is 0 Å². The van der Waals surface area contributed by atoms with Crippen molar-refractivity contribution in [2.75, 3.05) is 31.6 Å². The van der Waals surface area contributed by atoms with Gasteiger partial charge in [-0.2, -0.15) is 5.10 Å². The maximum Gasteiger partial charge on any atom is 0.274 e. The van der Waals surface area contributed by atoms with Gasteiger partial charge in [0, 0.05) is 39.6 Å². The van der Waals surface area contributed by atoms with E-state index in [1.165, 1.54) is 4.90 Å². The standard InChI is InChI=1S/C16H21N5O2/c1-19(15(22)13-6-9-20(2)18-13)11-16(23)7-10-21(12-16)14-5-3-4-8-17-14/h3-6,8-9,23H,7,10-12H2,1-2H3/t16-/m0/s1. The van der Waals surface area contributed by atoms with E-state index in [2.05, 4.69) is 10.1 Å². The van der Waals surface area contributed by atoms with Gasteiger partial charge in [-0.05, 0) is 24.6 Å². The molecule has 2 aromatic rings. The lowest BCUT2D eigenvalue weighted by Gasteiger charge is -2.28. The smallest absolute Gasteiger partial charge is 0.274 e. The van der Waals surface area contributed by atoms with Gasteiger partial charge in [-0.15, -0.1) is 0 Å². The van der Waals surface area contributed by atoms with Crippen molar-refractivity contribution in [2.24, 2.45) is 7.05 Å². The Morgan fingerprint density at radius 2 is 2.26 bits per heavy atom. The van der Waals surface area contributed by atoms with Crippen molar-refractivity contribution in [2.45, 2.75) is 12.0 Å². The second-order valence-corrected chi connectivity index (χ2v) is 6.12. The molecule has 1 aliphatic heterocycles. The Labute approximate surface area is 135 Å². The third-order valence-corrected chi connectivity index (χ3v) is 4.12. The molecule has 0 radical (unpaired) electrons. The van der Waals surface area contributed by atoms with Crippen molar-refractivity contribution >= 4 is 11.7 Å². The lowest BCUT2D eigenvalue weighted by molar-refractivity contribution is 0.0261. The second kappa shape index (κ2) is 6.00. The first-order chi connectivity index (χ1) is 11.0. The molecule has 0 bridgehead atoms. The molecule has 7 heteroatoms. The SMILES string of the molecule is CN(C[C@@]1(O)CCN(c2ccccn2)C1)C(=O)c1ccn(C)n1. The van der Waals surface area contributed by atoms with E-state index in [0.717, 1.165) is 12.4 Å². The number of anilines is 1. The number of aromatic nitrogens is 3. The lowest BCUT2D eigenvalue weighted by Crippen LogP contribution is -2.46. The minimum absolute atomic E-state index is 0.185. The molecular weight excluding hydrogens is 294 g/mol. The molecular formula is C16H21N5O2. The summed E-state index contributed by atoms with van der Waals surface area (Å²) < 4.78 is 1.59. The maximum absolute atomic E-state index is 12.4. The summed E-state index contributed by atoms with van der Waals surface area (Å²) in [6.45, 7) is 1.45. The van der Waals surface area contributed by atoms with Crippen LogP contribution in [0.4, 0.5) is 5.82 Å². The fourth-order valence-corrected chi connectivity index (χ4v) is 2.96. The fraction of sp³-hybridized carbons (Fsp3) is 0.438. The van der Waals surface area contributed by atoms with Crippen LogP contribution in [-0.2, 0) is 7.05 Å². The van der Waals surface area contributed by atoms with Crippen LogP contribution in [0.15, 0.2) is 36.7 Å². The molecule has 0 aliphatic carbocycles. The summed E-state index contributed by atoms with van der Waals surface area (Å²) in [7, 11) is 3.46. The van der Waals surface area contributed by atoms with Crippen LogP contribution < -0.4 is 4.90 Å². The number of pyridine rings is 1. The summed E-state index contributed by atoms with van der Waals surface area (Å²) in [5, 5.41) is 14.9. The summed E-state index contributed by atoms with van der Waals surface area (Å²) in [4.78, 5) is 20.2. The predicted octanol–water partition coefficient (Wildman–Crippen LogP) is 0.528. The van der Waals surface area contributed by atoms with Gasteiger partial charge in [0.05, 0.1) is 6.54 Å². The fourth-order valence-electron chi connectivity index (χ4n) is 2.96. The number of β-amino-alcohol motifs (C(OH)–C–C–N with tert-alkyl or cyclic N) is 1. The second-order valence-electron chi connectivity index (χ2n) is 6.12. The number of hydrogen-bond acceptors (Lipinski definition) is 5. The van der Waals surface area contributed by atoms with Crippen LogP contribution in [0.1, 0.15) is 16.9 Å². The summed E-state index contributed by atoms with van der Waals surface area (Å²) in [6, 6.07) is 7.40. The van der Waals surface area contributed by atoms with Crippen molar-refractivity contribution < 1.29 is 9.90 Å². The highest BCUT2D eigenvalue weighted by atomic mass is 16.3. The van der Waals surface area contributed by atoms with E-state index in [1.54, 1.807) is 37.2 Å². The third kappa shape index (κ3) is 3.34. The molecule has 2 aromatic heterocycles. The van der Waals surface area contributed by atoms with Crippen molar-refractivity contribution in [1.29, 1.82) is 0 Å². The van der Waals surface area contributed by atoms with Gasteiger partial charge in [-0.1, -0.05) is 6.07 Å². The predicted molar refractivity (Wildman–Crippen MR) is 86.2 cm³/mol. The summed E-state index contributed by atoms with van der Waals surface area (Å²) in [5.41, 5.74) is -0.547. The third-order valence-electron chi connectivity index (χ3n) is 4.12. The van der Waals surface area contributed by atoms with E-state index in [9.17, 15) is 9.90 Å². The van der Waals surface area contributed by atoms with Gasteiger partial charge < -0.3 is 14.9 Å². The Balaban J connectivity index is 1.64. The van der Waals surface area contributed by atoms with Gasteiger partial charge in [0.25, 0.3) is 5.91 Å². The quantitative estimate of drug-likeness (QED) is 0.891. The zero-order valence-electron chi connectivity index (χ0n) is 13.4. The highest BCUT2D eigenvalue weighted by molar-refractivity contribution is 5.92. The highest BCUT2D eigenvalue weighted by Gasteiger charge is 2.38. The van der Waals surface area contributed by atoms with E-state index in [-0.39, 0.29) is 12.5 Å². The van der Waals surface area contributed by atoms with E-state index in [0.29, 0.717) is 18.7 Å². The molecule has 0 aromatic carbocycles. The molecule has 1 aliphatic rings. The monoisotopic (exact) mass is 315 g/mol. The molecule has 3 heterocycles. The molecule has 1 fully saturated rings. The zero-order valence-corrected chi connectivity index (χ0v) is 13.4. The minimum atomic E-state index is -0.934. The van der Waals surface area contributed by atoms with Crippen molar-refractivity contribution in [1.82, 2.24) is 19.7 Å². The molecule has 0 saturated carbocycles. The highest BCUT2D eigenvalue weighted by Crippen LogP contribution is 2.26. The zero-order chi connectivity index (χ0) is 16.4. The Hall–Kier alpha value is -2.41. The molecule has 122 valence electrons. The number of amides is 1. The number of likely N-dealkylation sites (N-methyl/N-ethyl adjacent to an activating group) is 1. The number of aliphatic hydroxyl groups is 1. The Morgan fingerprint density at radius 1 is 1.43 bits per heavy atom. The normalized spacial score (nSPS) is 20.7. The van der Waals surface area contributed by atoms with Gasteiger partial charge >= 0.3 is 0 Å². The van der Waals surface area contributed by atoms with Crippen LogP contribution in [0.3, 0.4) is 0 Å². The number of hydrogen-bond donors (Lipinski definition) is 1. The lowest BCUT2D eigenvalue weighted by atomic mass is 10.0. The summed E-state index contributed by atoms with van der Waals surface area (Å²) in [6.07, 6.45) is 4.07. The van der Waals surface area contributed by atoms with Gasteiger partial charge in [0.1, 0.15) is 17.1 Å². The summed E-state index contributed by atoms with van der Waals surface area (Å²) >= 11 is 0. The van der Waals surface area contributed by atoms with E-state index in [1.807, 2.05) is 23.1 Å². The first-order valence-corrected chi connectivity index (χ1v) is 7.60. The molecule has 23 heavy (non-hydrogen) atoms. The van der Waals surface area contributed by atoms with Crippen LogP contribution in [0.5, 0.6) is 0 Å². The molecule has 3 rings (SSSR count). The van der Waals surface area contributed by atoms with Crippen LogP contribution in [-0.4, -0.2) is 63.0 Å². The van der Waals surface area contributed by atoms with Crippen LogP contribution in [0.25, 0.3) is 0 Å². The first-order valence-electron chi connectivity index (χ1n) is 7.60. The number of rotatable bonds is 4. The Kier molecular flexibility index (Phi) is 4.04. The Bertz CT molecular complexity index is 687. The molecule has 1 saturated heterocycles. The van der Waals surface area contributed by atoms with Crippen molar-refractivity contribution in [3.63, 3.8) is 0 Å². The molecule has 1 atom stereocenters. The Morgan fingerprint density at radius 3 is 2.91 bits per heavy atom. The van der Waals surface area contributed by atoms with E-state index in [4.69, 9.17) is 0 Å². The minimum Gasteiger partial charge on any atom is -0.386 e. The van der Waals surface area contributed by atoms with Crippen LogP contribution >= 0.6 is 0 Å². The number of carbonyl (C=O) groups excluding carboxylic acids is 1. The molecule has 0 spiro atoms. The van der Waals surface area contributed by atoms with Crippen molar-refractivity contribution in [3.8, 4) is 0 Å². The van der Waals surface area contributed by atoms with Gasteiger partial charge in [0.15, 0.2) is 0 Å². The molecule has 0 unspecified atom stereocenters. The van der Waals surface area contributed by atoms with E-state index < -0.39 is 5.60 Å². The number of carbonyl (C=O) groups is 1. The van der Waals surface area contributed by atoms with Crippen LogP contribution in [0.2, 0.25) is 0 Å². The molecule has 1 N–H and O–H groups in total. The summed E-state index contributed by atoms with van der Waals surface area (Å²) in [5.74, 6) is 0.664. The molecule has 1 amide bonds. The average Bonchev–Trinajstić information content (AvgIpc) is 3.14. The molecule has 7 nitrogen and oxygen atoms in total. The maximum atomic E-state index is 12.4. The largest absolute Gasteiger partial charge is 0.386 e. The number of aryl methyl sites for hydroxylation is 1. The van der Waals surface area contributed by atoms with Gasteiger partial charge in [-0.25, -0.2) is 4.98 Å².